The van der Waals surface area contributed by atoms with Gasteiger partial charge in [-0.25, -0.2) is 0 Å². The predicted molar refractivity (Wildman–Crippen MR) is 110 cm³/mol. The van der Waals surface area contributed by atoms with Crippen LogP contribution in [0.5, 0.6) is 0 Å². The summed E-state index contributed by atoms with van der Waals surface area (Å²) in [6, 6.07) is 7.86. The van der Waals surface area contributed by atoms with Crippen molar-refractivity contribution >= 4 is 11.6 Å². The van der Waals surface area contributed by atoms with Crippen molar-refractivity contribution in [3.8, 4) is 0 Å². The quantitative estimate of drug-likeness (QED) is 0.785. The van der Waals surface area contributed by atoms with Crippen molar-refractivity contribution in [2.24, 2.45) is 13.0 Å². The zero-order valence-electron chi connectivity index (χ0n) is 16.6. The number of hydrogen-bond acceptors (Lipinski definition) is 4. The summed E-state index contributed by atoms with van der Waals surface area (Å²) in [5.41, 5.74) is 2.21. The minimum absolute atomic E-state index is 0.396. The molecule has 1 aliphatic rings. The number of likely N-dealkylation sites (tertiary alicyclic amines) is 1. The number of aryl methyl sites for hydroxylation is 1. The first-order valence-corrected chi connectivity index (χ1v) is 10.2. The van der Waals surface area contributed by atoms with Gasteiger partial charge in [-0.2, -0.15) is 5.10 Å². The first-order valence-electron chi connectivity index (χ1n) is 9.82. The summed E-state index contributed by atoms with van der Waals surface area (Å²) in [5, 5.41) is 15.7. The van der Waals surface area contributed by atoms with Gasteiger partial charge in [-0.05, 0) is 56.6 Å². The van der Waals surface area contributed by atoms with E-state index in [1.807, 2.05) is 42.2 Å². The van der Waals surface area contributed by atoms with Crippen molar-refractivity contribution in [3.05, 3.63) is 52.8 Å². The van der Waals surface area contributed by atoms with Crippen LogP contribution in [0.2, 0.25) is 5.02 Å². The molecule has 2 heterocycles. The molecule has 1 aliphatic heterocycles. The lowest BCUT2D eigenvalue weighted by Crippen LogP contribution is -2.43. The number of rotatable bonds is 7. The molecular formula is C21H31ClN4O. The van der Waals surface area contributed by atoms with Crippen molar-refractivity contribution in [2.75, 3.05) is 33.2 Å². The van der Waals surface area contributed by atoms with Gasteiger partial charge in [0.15, 0.2) is 0 Å². The number of nitrogens with zero attached hydrogens (tertiary/aromatic N) is 4. The summed E-state index contributed by atoms with van der Waals surface area (Å²) in [6.07, 6.45) is 6.08. The third-order valence-corrected chi connectivity index (χ3v) is 5.87. The molecule has 0 amide bonds. The molecule has 5 nitrogen and oxygen atoms in total. The average Bonchev–Trinajstić information content (AvgIpc) is 3.07. The Morgan fingerprint density at radius 2 is 2.07 bits per heavy atom. The van der Waals surface area contributed by atoms with E-state index in [9.17, 15) is 5.11 Å². The van der Waals surface area contributed by atoms with Crippen molar-refractivity contribution in [1.29, 1.82) is 0 Å². The zero-order valence-corrected chi connectivity index (χ0v) is 17.3. The van der Waals surface area contributed by atoms with Crippen molar-refractivity contribution in [1.82, 2.24) is 19.6 Å². The molecule has 27 heavy (non-hydrogen) atoms. The highest BCUT2D eigenvalue weighted by Crippen LogP contribution is 2.36. The van der Waals surface area contributed by atoms with Crippen LogP contribution in [-0.2, 0) is 7.05 Å². The lowest BCUT2D eigenvalue weighted by molar-refractivity contribution is 0.0597. The number of benzene rings is 1. The van der Waals surface area contributed by atoms with Crippen molar-refractivity contribution in [3.63, 3.8) is 0 Å². The number of aliphatic hydroxyl groups is 1. The summed E-state index contributed by atoms with van der Waals surface area (Å²) in [4.78, 5) is 4.82. The molecule has 0 spiro atoms. The maximum atomic E-state index is 10.6. The van der Waals surface area contributed by atoms with Crippen LogP contribution in [0.3, 0.4) is 0 Å². The molecule has 6 heteroatoms. The van der Waals surface area contributed by atoms with Crippen molar-refractivity contribution < 1.29 is 5.11 Å². The Balaban J connectivity index is 1.67. The second kappa shape index (κ2) is 9.20. The smallest absolute Gasteiger partial charge is 0.0916 e. The third kappa shape index (κ3) is 5.11. The third-order valence-electron chi connectivity index (χ3n) is 5.62. The van der Waals surface area contributed by atoms with E-state index in [2.05, 4.69) is 35.1 Å². The van der Waals surface area contributed by atoms with Gasteiger partial charge in [-0.15, -0.1) is 0 Å². The topological polar surface area (TPSA) is 44.5 Å². The molecule has 3 atom stereocenters. The number of halogens is 1. The number of aromatic nitrogens is 2. The van der Waals surface area contributed by atoms with E-state index in [1.165, 1.54) is 18.4 Å². The van der Waals surface area contributed by atoms with Gasteiger partial charge in [0.25, 0.3) is 0 Å². The monoisotopic (exact) mass is 390 g/mol. The first-order chi connectivity index (χ1) is 13.0. The Labute approximate surface area is 167 Å². The van der Waals surface area contributed by atoms with E-state index in [0.29, 0.717) is 23.5 Å². The number of hydrogen-bond donors (Lipinski definition) is 1. The highest BCUT2D eigenvalue weighted by atomic mass is 35.5. The normalized spacial score (nSPS) is 22.3. The zero-order chi connectivity index (χ0) is 19.4. The summed E-state index contributed by atoms with van der Waals surface area (Å²) < 4.78 is 1.89. The number of likely N-dealkylation sites (N-methyl/N-ethyl adjacent to an activating group) is 1. The Kier molecular flexibility index (Phi) is 6.93. The van der Waals surface area contributed by atoms with E-state index in [1.54, 1.807) is 0 Å². The van der Waals surface area contributed by atoms with Gasteiger partial charge in [-0.1, -0.05) is 30.7 Å². The highest BCUT2D eigenvalue weighted by molar-refractivity contribution is 6.30. The summed E-state index contributed by atoms with van der Waals surface area (Å²) in [7, 11) is 4.08. The fourth-order valence-electron chi connectivity index (χ4n) is 4.33. The molecule has 2 aromatic rings. The van der Waals surface area contributed by atoms with Gasteiger partial charge in [-0.3, -0.25) is 9.58 Å². The van der Waals surface area contributed by atoms with Crippen LogP contribution in [0.25, 0.3) is 0 Å². The van der Waals surface area contributed by atoms with Crippen LogP contribution in [0.15, 0.2) is 36.7 Å². The molecule has 0 aliphatic carbocycles. The molecule has 1 saturated heterocycles. The van der Waals surface area contributed by atoms with E-state index >= 15 is 0 Å². The maximum Gasteiger partial charge on any atom is 0.0916 e. The molecule has 0 bridgehead atoms. The maximum absolute atomic E-state index is 10.6. The Morgan fingerprint density at radius 1 is 1.33 bits per heavy atom. The number of piperidine rings is 1. The SMILES string of the molecule is CCN1CCC[C@@H](CN(C)CC(O)c2ccc(Cl)cc2)[C@@H]1c1cnn(C)c1. The minimum Gasteiger partial charge on any atom is -0.387 e. The largest absolute Gasteiger partial charge is 0.387 e. The van der Waals surface area contributed by atoms with E-state index in [-0.39, 0.29) is 0 Å². The van der Waals surface area contributed by atoms with Gasteiger partial charge < -0.3 is 10.0 Å². The van der Waals surface area contributed by atoms with Gasteiger partial charge in [0, 0.05) is 43.0 Å². The molecule has 1 N–H and O–H groups in total. The van der Waals surface area contributed by atoms with Crippen LogP contribution in [0, 0.1) is 5.92 Å². The van der Waals surface area contributed by atoms with Crippen LogP contribution in [0.1, 0.15) is 43.0 Å². The standard InChI is InChI=1S/C21H31ClN4O/c1-4-26-11-5-6-17(21(26)18-12-23-25(3)14-18)13-24(2)15-20(27)16-7-9-19(22)10-8-16/h7-10,12,14,17,20-21,27H,4-6,11,13,15H2,1-3H3/t17-,20?,21+/m0/s1. The molecular weight excluding hydrogens is 360 g/mol. The first kappa shape index (κ1) is 20.3. The van der Waals surface area contributed by atoms with Crippen LogP contribution in [-0.4, -0.2) is 57.9 Å². The second-order valence-electron chi connectivity index (χ2n) is 7.71. The molecule has 1 aromatic carbocycles. The lowest BCUT2D eigenvalue weighted by Gasteiger charge is -2.42. The van der Waals surface area contributed by atoms with Gasteiger partial charge in [0.05, 0.1) is 12.3 Å². The molecule has 0 radical (unpaired) electrons. The molecule has 1 fully saturated rings. The summed E-state index contributed by atoms with van der Waals surface area (Å²) in [5.74, 6) is 0.533. The Hall–Kier alpha value is -1.40. The molecule has 0 saturated carbocycles. The second-order valence-corrected chi connectivity index (χ2v) is 8.15. The fraction of sp³-hybridized carbons (Fsp3) is 0.571. The molecule has 148 valence electrons. The lowest BCUT2D eigenvalue weighted by atomic mass is 9.85. The van der Waals surface area contributed by atoms with Crippen LogP contribution in [0.4, 0.5) is 0 Å². The average molecular weight is 391 g/mol. The van der Waals surface area contributed by atoms with Crippen LogP contribution < -0.4 is 0 Å². The van der Waals surface area contributed by atoms with Crippen molar-refractivity contribution in [2.45, 2.75) is 31.9 Å². The Morgan fingerprint density at radius 3 is 2.70 bits per heavy atom. The van der Waals surface area contributed by atoms with E-state index in [4.69, 9.17) is 11.6 Å². The molecule has 3 rings (SSSR count). The predicted octanol–water partition coefficient (Wildman–Crippen LogP) is 3.51. The molecule has 1 aromatic heterocycles. The van der Waals surface area contributed by atoms with Crippen LogP contribution >= 0.6 is 11.6 Å². The Bertz CT molecular complexity index is 717. The number of aliphatic hydroxyl groups excluding tert-OH is 1. The summed E-state index contributed by atoms with van der Waals surface area (Å²) >= 11 is 5.95. The van der Waals surface area contributed by atoms with E-state index < -0.39 is 6.10 Å². The fourth-order valence-corrected chi connectivity index (χ4v) is 4.46. The van der Waals surface area contributed by atoms with Gasteiger partial charge >= 0.3 is 0 Å². The van der Waals surface area contributed by atoms with E-state index in [0.717, 1.165) is 25.2 Å². The minimum atomic E-state index is -0.505. The summed E-state index contributed by atoms with van der Waals surface area (Å²) in [6.45, 7) is 6.00. The molecule has 1 unspecified atom stereocenters. The highest BCUT2D eigenvalue weighted by Gasteiger charge is 2.33. The van der Waals surface area contributed by atoms with Gasteiger partial charge in [0.1, 0.15) is 0 Å². The van der Waals surface area contributed by atoms with Gasteiger partial charge in [0.2, 0.25) is 0 Å².